The largest absolute Gasteiger partial charge is 0.494 e. The van der Waals surface area contributed by atoms with Crippen LogP contribution in [0.1, 0.15) is 58.7 Å². The third-order valence-electron chi connectivity index (χ3n) is 5.12. The van der Waals surface area contributed by atoms with Gasteiger partial charge in [0.1, 0.15) is 17.2 Å². The number of alkyl carbamates (subject to hydrolysis) is 1. The normalized spacial score (nSPS) is 15.8. The van der Waals surface area contributed by atoms with Gasteiger partial charge in [0.2, 0.25) is 0 Å². The average Bonchev–Trinajstić information content (AvgIpc) is 3.22. The van der Waals surface area contributed by atoms with Crippen molar-refractivity contribution in [3.05, 3.63) is 48.2 Å². The molecule has 2 amide bonds. The molecule has 1 fully saturated rings. The minimum absolute atomic E-state index is 0. The van der Waals surface area contributed by atoms with Gasteiger partial charge in [0.25, 0.3) is 5.91 Å². The Bertz CT molecular complexity index is 929. The predicted molar refractivity (Wildman–Crippen MR) is 131 cm³/mol. The second kappa shape index (κ2) is 11.0. The van der Waals surface area contributed by atoms with E-state index in [4.69, 9.17) is 9.47 Å². The lowest BCUT2D eigenvalue weighted by molar-refractivity contribution is 0.0509. The van der Waals surface area contributed by atoms with Gasteiger partial charge in [-0.1, -0.05) is 13.3 Å². The Hall–Kier alpha value is -3.29. The molecule has 3 rings (SSSR count). The third-order valence-corrected chi connectivity index (χ3v) is 5.12. The van der Waals surface area contributed by atoms with Crippen LogP contribution in [-0.2, 0) is 4.74 Å². The van der Waals surface area contributed by atoms with E-state index in [1.165, 1.54) is 0 Å². The number of carbonyl (C=O) groups is 2. The molecule has 0 aliphatic carbocycles. The fraction of sp³-hybridized carbons (Fsp3) is 0.480. The lowest BCUT2D eigenvalue weighted by Gasteiger charge is -2.22. The summed E-state index contributed by atoms with van der Waals surface area (Å²) >= 11 is 0. The number of nitrogens with zero attached hydrogens (tertiary/aromatic N) is 2. The van der Waals surface area contributed by atoms with Crippen molar-refractivity contribution in [3.63, 3.8) is 0 Å². The van der Waals surface area contributed by atoms with Crippen molar-refractivity contribution in [2.24, 2.45) is 0 Å². The summed E-state index contributed by atoms with van der Waals surface area (Å²) in [6, 6.07) is 10.8. The summed E-state index contributed by atoms with van der Waals surface area (Å²) in [4.78, 5) is 31.1. The van der Waals surface area contributed by atoms with Crippen molar-refractivity contribution in [2.75, 3.05) is 29.9 Å². The minimum atomic E-state index is -0.519. The van der Waals surface area contributed by atoms with Gasteiger partial charge in [-0.3, -0.25) is 4.79 Å². The van der Waals surface area contributed by atoms with Gasteiger partial charge < -0.3 is 25.0 Å². The number of hydrogen-bond donors (Lipinski definition) is 2. The van der Waals surface area contributed by atoms with E-state index in [0.717, 1.165) is 37.4 Å². The molecule has 33 heavy (non-hydrogen) atoms. The van der Waals surface area contributed by atoms with E-state index < -0.39 is 11.7 Å². The van der Waals surface area contributed by atoms with Gasteiger partial charge in [-0.05, 0) is 70.0 Å². The van der Waals surface area contributed by atoms with E-state index >= 15 is 0 Å². The fourth-order valence-corrected chi connectivity index (χ4v) is 3.45. The van der Waals surface area contributed by atoms with Crippen molar-refractivity contribution in [3.8, 4) is 5.75 Å². The molecule has 1 atom stereocenters. The van der Waals surface area contributed by atoms with Crippen LogP contribution < -0.4 is 20.3 Å². The van der Waals surface area contributed by atoms with Crippen molar-refractivity contribution in [1.29, 1.82) is 0 Å². The second-order valence-corrected chi connectivity index (χ2v) is 9.16. The molecular formula is C25H36N4O4. The van der Waals surface area contributed by atoms with Crippen LogP contribution in [0.3, 0.4) is 0 Å². The van der Waals surface area contributed by atoms with E-state index in [0.29, 0.717) is 24.4 Å². The highest BCUT2D eigenvalue weighted by Crippen LogP contribution is 2.21. The number of ether oxygens (including phenoxy) is 2. The summed E-state index contributed by atoms with van der Waals surface area (Å²) in [6.07, 6.45) is 4.14. The summed E-state index contributed by atoms with van der Waals surface area (Å²) in [6.45, 7) is 9.76. The maximum absolute atomic E-state index is 12.5. The molecule has 1 aromatic heterocycles. The van der Waals surface area contributed by atoms with Gasteiger partial charge in [0.05, 0.1) is 24.5 Å². The van der Waals surface area contributed by atoms with Crippen LogP contribution in [0.2, 0.25) is 0 Å². The molecule has 0 spiro atoms. The van der Waals surface area contributed by atoms with Gasteiger partial charge in [0.15, 0.2) is 0 Å². The Labute approximate surface area is 197 Å². The number of amides is 2. The Morgan fingerprint density at radius 3 is 2.58 bits per heavy atom. The maximum atomic E-state index is 12.5. The first-order chi connectivity index (χ1) is 15.7. The minimum Gasteiger partial charge on any atom is -0.494 e. The van der Waals surface area contributed by atoms with E-state index in [1.807, 2.05) is 32.9 Å². The van der Waals surface area contributed by atoms with Gasteiger partial charge in [0, 0.05) is 20.1 Å². The SMILES string of the molecule is CCCCOc1ccc(C(=O)Nc2ccc(N3CCC(NC(=O)OC(C)(C)C)C3)nc2)cc1.[HH]. The topological polar surface area (TPSA) is 92.8 Å². The molecule has 1 unspecified atom stereocenters. The summed E-state index contributed by atoms with van der Waals surface area (Å²) in [5.74, 6) is 1.36. The zero-order valence-electron chi connectivity index (χ0n) is 19.9. The number of nitrogens with one attached hydrogen (secondary N) is 2. The van der Waals surface area contributed by atoms with Crippen molar-refractivity contribution >= 4 is 23.5 Å². The molecule has 1 aliphatic rings. The van der Waals surface area contributed by atoms with Gasteiger partial charge in [-0.2, -0.15) is 0 Å². The molecule has 180 valence electrons. The van der Waals surface area contributed by atoms with E-state index in [1.54, 1.807) is 30.5 Å². The number of anilines is 2. The third kappa shape index (κ3) is 7.66. The Balaban J connectivity index is 0.00000408. The van der Waals surface area contributed by atoms with Gasteiger partial charge >= 0.3 is 6.09 Å². The number of aromatic nitrogens is 1. The van der Waals surface area contributed by atoms with Crippen LogP contribution in [0, 0.1) is 0 Å². The molecule has 0 bridgehead atoms. The van der Waals surface area contributed by atoms with E-state index in [-0.39, 0.29) is 13.4 Å². The number of rotatable bonds is 8. The highest BCUT2D eigenvalue weighted by atomic mass is 16.6. The number of hydrogen-bond acceptors (Lipinski definition) is 6. The van der Waals surface area contributed by atoms with Crippen LogP contribution >= 0.6 is 0 Å². The zero-order valence-corrected chi connectivity index (χ0v) is 19.9. The van der Waals surface area contributed by atoms with Crippen molar-refractivity contribution in [1.82, 2.24) is 10.3 Å². The fourth-order valence-electron chi connectivity index (χ4n) is 3.45. The Kier molecular flexibility index (Phi) is 8.14. The lowest BCUT2D eigenvalue weighted by atomic mass is 10.2. The molecule has 1 aliphatic heterocycles. The highest BCUT2D eigenvalue weighted by Gasteiger charge is 2.26. The molecular weight excluding hydrogens is 420 g/mol. The smallest absolute Gasteiger partial charge is 0.407 e. The molecule has 2 heterocycles. The molecule has 2 N–H and O–H groups in total. The maximum Gasteiger partial charge on any atom is 0.407 e. The lowest BCUT2D eigenvalue weighted by Crippen LogP contribution is -2.40. The summed E-state index contributed by atoms with van der Waals surface area (Å²) in [5, 5.41) is 5.78. The summed E-state index contributed by atoms with van der Waals surface area (Å²) < 4.78 is 11.0. The van der Waals surface area contributed by atoms with E-state index in [2.05, 4.69) is 27.4 Å². The Morgan fingerprint density at radius 2 is 1.94 bits per heavy atom. The van der Waals surface area contributed by atoms with Crippen molar-refractivity contribution < 1.29 is 20.5 Å². The number of benzene rings is 1. The van der Waals surface area contributed by atoms with Gasteiger partial charge in [-0.15, -0.1) is 0 Å². The van der Waals surface area contributed by atoms with Crippen molar-refractivity contribution in [2.45, 2.75) is 58.6 Å². The van der Waals surface area contributed by atoms with Gasteiger partial charge in [-0.25, -0.2) is 9.78 Å². The second-order valence-electron chi connectivity index (χ2n) is 9.16. The molecule has 2 aromatic rings. The predicted octanol–water partition coefficient (Wildman–Crippen LogP) is 4.86. The number of pyridine rings is 1. The summed E-state index contributed by atoms with van der Waals surface area (Å²) in [7, 11) is 0. The summed E-state index contributed by atoms with van der Waals surface area (Å²) in [5.41, 5.74) is 0.654. The molecule has 8 nitrogen and oxygen atoms in total. The number of carbonyl (C=O) groups excluding carboxylic acids is 2. The first-order valence-corrected chi connectivity index (χ1v) is 11.5. The quantitative estimate of drug-likeness (QED) is 0.551. The molecule has 8 heteroatoms. The first kappa shape index (κ1) is 24.4. The molecule has 1 aromatic carbocycles. The molecule has 0 saturated carbocycles. The molecule has 1 saturated heterocycles. The van der Waals surface area contributed by atoms with Crippen LogP contribution in [-0.4, -0.2) is 48.3 Å². The Morgan fingerprint density at radius 1 is 1.18 bits per heavy atom. The van der Waals surface area contributed by atoms with Crippen LogP contribution in [0.4, 0.5) is 16.3 Å². The van der Waals surface area contributed by atoms with Crippen LogP contribution in [0.5, 0.6) is 5.75 Å². The highest BCUT2D eigenvalue weighted by molar-refractivity contribution is 6.04. The number of unbranched alkanes of at least 4 members (excludes halogenated alkanes) is 1. The zero-order chi connectivity index (χ0) is 23.8. The van der Waals surface area contributed by atoms with Crippen LogP contribution in [0.15, 0.2) is 42.6 Å². The standard InChI is InChI=1S/C25H34N4O4.H2/c1-5-6-15-32-21-10-7-18(8-11-21)23(30)27-19-9-12-22(26-16-19)29-14-13-20(17-29)28-24(31)33-25(2,3)4;/h7-12,16,20H,5-6,13-15,17H2,1-4H3,(H,27,30)(H,28,31);1H. The molecule has 0 radical (unpaired) electrons. The van der Waals surface area contributed by atoms with Crippen LogP contribution in [0.25, 0.3) is 0 Å². The first-order valence-electron chi connectivity index (χ1n) is 11.5. The average molecular weight is 457 g/mol. The monoisotopic (exact) mass is 456 g/mol. The van der Waals surface area contributed by atoms with E-state index in [9.17, 15) is 9.59 Å².